The Labute approximate surface area is 716 Å². The molecule has 0 aliphatic heterocycles. The molecule has 1 fully saturated rings. The summed E-state index contributed by atoms with van der Waals surface area (Å²) < 4.78 is 115. The second kappa shape index (κ2) is 68.6. The van der Waals surface area contributed by atoms with Crippen LogP contribution in [0.25, 0.3) is 0 Å². The second-order valence-corrected chi connectivity index (χ2v) is 75.9. The van der Waals surface area contributed by atoms with Crippen LogP contribution >= 0.6 is 247 Å². The molecule has 0 atom stereocenters. The molecule has 0 aromatic rings. The molecule has 0 aromatic carbocycles. The van der Waals surface area contributed by atoms with Crippen molar-refractivity contribution < 1.29 is 79.7 Å². The summed E-state index contributed by atoms with van der Waals surface area (Å²) in [5.41, 5.74) is 0. The molecule has 0 bridgehead atoms. The molecule has 1 rings (SSSR count). The van der Waals surface area contributed by atoms with Gasteiger partial charge in [0.05, 0.1) is 32.3 Å². The average Bonchev–Trinajstić information content (AvgIpc) is 0.720. The lowest BCUT2D eigenvalue weighted by Crippen LogP contribution is -2.56. The first-order chi connectivity index (χ1) is 49.5. The molecule has 0 N–H and O–H groups in total. The van der Waals surface area contributed by atoms with Crippen molar-refractivity contribution in [3.05, 3.63) is 0 Å². The number of rotatable bonds is 72. The fourth-order valence-corrected chi connectivity index (χ4v) is 91.8. The van der Waals surface area contributed by atoms with Crippen LogP contribution in [0.2, 0.25) is 0 Å². The van der Waals surface area contributed by atoms with Crippen LogP contribution in [0.15, 0.2) is 0 Å². The minimum atomic E-state index is -3.05. The van der Waals surface area contributed by atoms with Crippen LogP contribution in [0.5, 0.6) is 0 Å². The SMILES string of the molecule is CCO[Si](CSSSSC1(SSSSC[Si](OCC)(OCC)OCC)CCCCCCCCCC(SSSSC[Si](OCC)(OCC)OCC)(SSSSC[Si](OCC)(OCC)OCC)C1(SSSSC[Si](OCC)(OCC)OCC)SSSSC[Si](OCC)(OCC)OCC)(OCC)OCC. The van der Waals surface area contributed by atoms with Crippen LogP contribution in [-0.4, -0.2) is 216 Å². The molecular formula is C54H120O18S24Si6. The van der Waals surface area contributed by atoms with E-state index < -0.39 is 65.1 Å². The van der Waals surface area contributed by atoms with Crippen LogP contribution in [0.4, 0.5) is 0 Å². The molecule has 0 aromatic heterocycles. The first kappa shape index (κ1) is 109. The van der Waals surface area contributed by atoms with Gasteiger partial charge in [-0.25, -0.2) is 0 Å². The van der Waals surface area contributed by atoms with Gasteiger partial charge in [-0.3, -0.25) is 0 Å². The Bertz CT molecular complexity index is 1660. The van der Waals surface area contributed by atoms with Gasteiger partial charge in [0.1, 0.15) is 12.2 Å². The quantitative estimate of drug-likeness (QED) is 0.0244. The van der Waals surface area contributed by atoms with Gasteiger partial charge in [-0.05, 0) is 255 Å². The Morgan fingerprint density at radius 3 is 0.471 bits per heavy atom. The Morgan fingerprint density at radius 1 is 0.186 bits per heavy atom. The molecular weight excluding hydrogens is 1870 g/mol. The molecule has 0 radical (unpaired) electrons. The average molecular weight is 2000 g/mol. The third-order valence-electron chi connectivity index (χ3n) is 12.9. The first-order valence-electron chi connectivity index (χ1n) is 34.9. The number of hydrogen-bond donors (Lipinski definition) is 0. The third-order valence-corrected chi connectivity index (χ3v) is 84.2. The topological polar surface area (TPSA) is 166 Å². The number of hydrogen-bond acceptors (Lipinski definition) is 42. The highest BCUT2D eigenvalue weighted by atomic mass is 33.7. The molecule has 0 unspecified atom stereocenters. The smallest absolute Gasteiger partial charge is 0.373 e. The molecule has 0 heterocycles. The zero-order chi connectivity index (χ0) is 75.5. The van der Waals surface area contributed by atoms with Crippen molar-refractivity contribution in [1.29, 1.82) is 0 Å². The molecule has 0 amide bonds. The summed E-state index contributed by atoms with van der Waals surface area (Å²) in [7, 11) is 26.7. The van der Waals surface area contributed by atoms with Crippen molar-refractivity contribution in [2.75, 3.05) is 151 Å². The summed E-state index contributed by atoms with van der Waals surface area (Å²) in [4.78, 5) is 0. The fourth-order valence-electron chi connectivity index (χ4n) is 9.45. The Kier molecular flexibility index (Phi) is 73.3. The minimum Gasteiger partial charge on any atom is -0.373 e. The molecule has 18 nitrogen and oxygen atoms in total. The van der Waals surface area contributed by atoms with Crippen molar-refractivity contribution in [3.63, 3.8) is 0 Å². The van der Waals surface area contributed by atoms with Gasteiger partial charge in [-0.1, -0.05) is 174 Å². The summed E-state index contributed by atoms with van der Waals surface area (Å²) in [5, 5.41) is 3.61. The van der Waals surface area contributed by atoms with Gasteiger partial charge in [0.15, 0.2) is 0 Å². The van der Waals surface area contributed by atoms with Gasteiger partial charge in [-0.15, -0.1) is 0 Å². The molecule has 0 spiro atoms. The summed E-state index contributed by atoms with van der Waals surface area (Å²) in [5.74, 6) is 0. The predicted molar refractivity (Wildman–Crippen MR) is 505 cm³/mol. The molecule has 102 heavy (non-hydrogen) atoms. The van der Waals surface area contributed by atoms with E-state index in [0.717, 1.165) is 38.5 Å². The van der Waals surface area contributed by atoms with E-state index in [-0.39, 0.29) is 0 Å². The third kappa shape index (κ3) is 42.5. The highest BCUT2D eigenvalue weighted by molar-refractivity contribution is 9.32. The fraction of sp³-hybridized carbons (Fsp3) is 1.00. The van der Waals surface area contributed by atoms with Crippen LogP contribution < -0.4 is 0 Å². The lowest BCUT2D eigenvalue weighted by atomic mass is 9.99. The van der Waals surface area contributed by atoms with E-state index in [2.05, 4.69) is 0 Å². The second-order valence-electron chi connectivity index (χ2n) is 19.9. The van der Waals surface area contributed by atoms with Crippen LogP contribution in [0.1, 0.15) is 182 Å². The molecule has 612 valence electrons. The molecule has 1 aliphatic carbocycles. The Hall–Kier alpha value is 8.98. The van der Waals surface area contributed by atoms with Crippen LogP contribution in [0, 0.1) is 0 Å². The monoisotopic (exact) mass is 1990 g/mol. The summed E-state index contributed by atoms with van der Waals surface area (Å²) in [6.45, 7) is 45.6. The van der Waals surface area contributed by atoms with E-state index in [1.165, 1.54) is 19.3 Å². The van der Waals surface area contributed by atoms with Crippen molar-refractivity contribution in [1.82, 2.24) is 0 Å². The highest BCUT2D eigenvalue weighted by Crippen LogP contribution is 2.82. The maximum atomic E-state index is 6.50. The molecule has 1 aliphatic rings. The molecule has 1 saturated carbocycles. The summed E-state index contributed by atoms with van der Waals surface area (Å²) in [6.07, 6.45) is 9.65. The van der Waals surface area contributed by atoms with Crippen molar-refractivity contribution >= 4 is 300 Å². The van der Waals surface area contributed by atoms with Gasteiger partial charge < -0.3 is 79.7 Å². The predicted octanol–water partition coefficient (Wildman–Crippen LogP) is 25.2. The Morgan fingerprint density at radius 2 is 0.324 bits per heavy atom. The van der Waals surface area contributed by atoms with E-state index in [0.29, 0.717) is 151 Å². The minimum absolute atomic E-state index is 0.503. The van der Waals surface area contributed by atoms with Gasteiger partial charge in [0.2, 0.25) is 0 Å². The molecule has 48 heteroatoms. The molecule has 0 saturated heterocycles. The maximum absolute atomic E-state index is 6.50. The maximum Gasteiger partial charge on any atom is 0.512 e. The van der Waals surface area contributed by atoms with Gasteiger partial charge >= 0.3 is 52.8 Å². The summed E-state index contributed by atoms with van der Waals surface area (Å²) >= 11 is 0. The normalized spacial score (nSPS) is 16.1. The highest BCUT2D eigenvalue weighted by Gasteiger charge is 2.68. The van der Waals surface area contributed by atoms with Gasteiger partial charge in [0.25, 0.3) is 0 Å². The van der Waals surface area contributed by atoms with Gasteiger partial charge in [-0.2, -0.15) is 0 Å². The van der Waals surface area contributed by atoms with Crippen molar-refractivity contribution in [2.24, 2.45) is 0 Å². The zero-order valence-corrected chi connectivity index (χ0v) is 88.6. The lowest BCUT2D eigenvalue weighted by molar-refractivity contribution is 0.0765. The van der Waals surface area contributed by atoms with Crippen LogP contribution in [-0.2, 0) is 79.7 Å². The van der Waals surface area contributed by atoms with E-state index in [9.17, 15) is 0 Å². The Balaban J connectivity index is 4.98. The van der Waals surface area contributed by atoms with Gasteiger partial charge in [0, 0.05) is 119 Å². The summed E-state index contributed by atoms with van der Waals surface area (Å²) in [6, 6.07) is 0. The first-order valence-corrected chi connectivity index (χ1v) is 76.4. The van der Waals surface area contributed by atoms with Crippen LogP contribution in [0.3, 0.4) is 0 Å². The van der Waals surface area contributed by atoms with E-state index in [1.54, 1.807) is 124 Å². The van der Waals surface area contributed by atoms with E-state index >= 15 is 0 Å². The zero-order valence-electron chi connectivity index (χ0n) is 63.0. The standard InChI is InChI=1S/C54H120O18S24Si6/c1-19-55-97(56-20-2,57-21-3)46-73-85-91-79-52(80-92-86-74-47-98(58-22-4,59-23-5)60-24-6)44-42-40-38-37-39-41-43-45-53(81-93-87-75-48-99(61-25-7,62-26-8)63-27-9,82-94-88-76-49-100(64-28-10,65-29-11)66-30-12)54(52,83-95-89-77-50-101(67-31-13,68-32-14)69-33-15)84-96-90-78-51-102(70-34-16,71-35-17)72-36-18/h19-51H2,1-18H3. The lowest BCUT2D eigenvalue weighted by Gasteiger charge is -2.55. The van der Waals surface area contributed by atoms with E-state index in [4.69, 9.17) is 79.7 Å². The van der Waals surface area contributed by atoms with Crippen molar-refractivity contribution in [2.45, 2.75) is 195 Å². The van der Waals surface area contributed by atoms with E-state index in [1.807, 2.05) is 248 Å². The van der Waals surface area contributed by atoms with Crippen molar-refractivity contribution in [3.8, 4) is 0 Å². The largest absolute Gasteiger partial charge is 0.512 e.